The molecule has 0 N–H and O–H groups in total. The second-order valence-electron chi connectivity index (χ2n) is 4.55. The van der Waals surface area contributed by atoms with E-state index >= 15 is 0 Å². The van der Waals surface area contributed by atoms with Crippen molar-refractivity contribution in [1.29, 1.82) is 0 Å². The van der Waals surface area contributed by atoms with Crippen LogP contribution in [0.5, 0.6) is 0 Å². The van der Waals surface area contributed by atoms with Gasteiger partial charge in [0, 0.05) is 20.9 Å². The Morgan fingerprint density at radius 3 is 1.84 bits per heavy atom. The van der Waals surface area contributed by atoms with E-state index in [1.54, 1.807) is 22.7 Å². The summed E-state index contributed by atoms with van der Waals surface area (Å²) in [5.74, 6) is 0.230. The van der Waals surface area contributed by atoms with E-state index in [0.29, 0.717) is 0 Å². The van der Waals surface area contributed by atoms with Crippen LogP contribution in [0.2, 0.25) is 0 Å². The number of allylic oxidation sites excluding steroid dienone is 2. The fraction of sp³-hybridized carbons (Fsp3) is 0.188. The van der Waals surface area contributed by atoms with Gasteiger partial charge in [-0.05, 0) is 54.3 Å². The molecule has 0 aromatic carbocycles. The summed E-state index contributed by atoms with van der Waals surface area (Å²) in [5.41, 5.74) is 1.91. The first kappa shape index (κ1) is 12.6. The molecular weight excluding hydrogens is 272 g/mol. The fourth-order valence-corrected chi connectivity index (χ4v) is 3.63. The molecule has 0 aliphatic heterocycles. The number of ketones is 1. The zero-order valence-corrected chi connectivity index (χ0v) is 12.1. The number of carbonyl (C=O) groups excluding carboxylic acids is 1. The first-order chi connectivity index (χ1) is 9.33. The van der Waals surface area contributed by atoms with Crippen molar-refractivity contribution in [3.63, 3.8) is 0 Å². The highest BCUT2D eigenvalue weighted by atomic mass is 32.1. The molecule has 0 atom stereocenters. The average molecular weight is 286 g/mol. The molecule has 0 bridgehead atoms. The molecule has 3 heteroatoms. The second kappa shape index (κ2) is 5.68. The summed E-state index contributed by atoms with van der Waals surface area (Å²) in [6.45, 7) is 0. The molecule has 1 aliphatic carbocycles. The molecule has 0 unspecified atom stereocenters. The minimum atomic E-state index is 0.230. The van der Waals surface area contributed by atoms with Crippen molar-refractivity contribution in [2.75, 3.05) is 0 Å². The second-order valence-corrected chi connectivity index (χ2v) is 6.51. The van der Waals surface area contributed by atoms with E-state index in [9.17, 15) is 4.79 Å². The van der Waals surface area contributed by atoms with Gasteiger partial charge in [-0.3, -0.25) is 4.79 Å². The van der Waals surface area contributed by atoms with Crippen molar-refractivity contribution >= 4 is 40.6 Å². The van der Waals surface area contributed by atoms with Crippen LogP contribution in [-0.4, -0.2) is 5.78 Å². The Labute approximate surface area is 120 Å². The quantitative estimate of drug-likeness (QED) is 0.708. The van der Waals surface area contributed by atoms with Crippen LogP contribution in [0.3, 0.4) is 0 Å². The molecule has 1 fully saturated rings. The van der Waals surface area contributed by atoms with Gasteiger partial charge in [0.25, 0.3) is 0 Å². The standard InChI is InChI=1S/C16H14OS2/c17-16-12(10-14-6-2-8-18-14)4-1-5-13(16)11-15-7-3-9-19-15/h2-3,6-11H,1,4-5H2/b12-10-,13-11?. The third-order valence-electron chi connectivity index (χ3n) is 3.19. The number of Topliss-reactive ketones (excluding diaryl/α,β-unsaturated/α-hetero) is 1. The van der Waals surface area contributed by atoms with E-state index in [-0.39, 0.29) is 5.78 Å². The van der Waals surface area contributed by atoms with Gasteiger partial charge < -0.3 is 0 Å². The Morgan fingerprint density at radius 1 is 0.895 bits per heavy atom. The molecule has 3 rings (SSSR count). The lowest BCUT2D eigenvalue weighted by Gasteiger charge is -2.15. The normalized spacial score (nSPS) is 20.3. The van der Waals surface area contributed by atoms with Gasteiger partial charge in [0.2, 0.25) is 0 Å². The van der Waals surface area contributed by atoms with E-state index in [1.165, 1.54) is 9.75 Å². The monoisotopic (exact) mass is 286 g/mol. The highest BCUT2D eigenvalue weighted by molar-refractivity contribution is 7.11. The first-order valence-electron chi connectivity index (χ1n) is 6.36. The molecule has 1 saturated carbocycles. The highest BCUT2D eigenvalue weighted by Gasteiger charge is 2.20. The van der Waals surface area contributed by atoms with Gasteiger partial charge >= 0.3 is 0 Å². The van der Waals surface area contributed by atoms with E-state index in [1.807, 2.05) is 22.9 Å². The lowest BCUT2D eigenvalue weighted by molar-refractivity contribution is -0.112. The smallest absolute Gasteiger partial charge is 0.185 e. The molecular formula is C16H14OS2. The van der Waals surface area contributed by atoms with Crippen LogP contribution in [0.1, 0.15) is 29.0 Å². The maximum Gasteiger partial charge on any atom is 0.185 e. The largest absolute Gasteiger partial charge is 0.289 e. The summed E-state index contributed by atoms with van der Waals surface area (Å²) >= 11 is 3.36. The number of rotatable bonds is 2. The van der Waals surface area contributed by atoms with Crippen LogP contribution >= 0.6 is 22.7 Å². The van der Waals surface area contributed by atoms with Crippen molar-refractivity contribution in [2.45, 2.75) is 19.3 Å². The lowest BCUT2D eigenvalue weighted by Crippen LogP contribution is -2.11. The van der Waals surface area contributed by atoms with Crippen LogP contribution in [0.25, 0.3) is 12.2 Å². The van der Waals surface area contributed by atoms with E-state index in [2.05, 4.69) is 24.3 Å². The molecule has 0 spiro atoms. The number of carbonyl (C=O) groups is 1. The lowest BCUT2D eigenvalue weighted by atomic mass is 9.88. The van der Waals surface area contributed by atoms with E-state index in [4.69, 9.17) is 0 Å². The van der Waals surface area contributed by atoms with Crippen LogP contribution < -0.4 is 0 Å². The zero-order chi connectivity index (χ0) is 13.1. The van der Waals surface area contributed by atoms with Crippen LogP contribution in [-0.2, 0) is 4.79 Å². The van der Waals surface area contributed by atoms with Gasteiger partial charge in [0.05, 0.1) is 0 Å². The summed E-state index contributed by atoms with van der Waals surface area (Å²) in [4.78, 5) is 14.8. The van der Waals surface area contributed by atoms with Crippen LogP contribution in [0.15, 0.2) is 46.2 Å². The van der Waals surface area contributed by atoms with Crippen molar-refractivity contribution in [2.24, 2.45) is 0 Å². The molecule has 0 radical (unpaired) electrons. The van der Waals surface area contributed by atoms with Gasteiger partial charge in [0.1, 0.15) is 0 Å². The van der Waals surface area contributed by atoms with Gasteiger partial charge in [-0.2, -0.15) is 0 Å². The number of hydrogen-bond acceptors (Lipinski definition) is 3. The predicted octanol–water partition coefficient (Wildman–Crippen LogP) is 5.03. The topological polar surface area (TPSA) is 17.1 Å². The minimum absolute atomic E-state index is 0.230. The summed E-state index contributed by atoms with van der Waals surface area (Å²) < 4.78 is 0. The van der Waals surface area contributed by atoms with Crippen molar-refractivity contribution < 1.29 is 4.79 Å². The van der Waals surface area contributed by atoms with E-state index < -0.39 is 0 Å². The minimum Gasteiger partial charge on any atom is -0.289 e. The average Bonchev–Trinajstić information content (AvgIpc) is 3.07. The SMILES string of the molecule is O=C1C(=Cc2cccs2)CCC/C1=C/c1cccs1. The molecule has 1 aliphatic rings. The Hall–Kier alpha value is -1.45. The van der Waals surface area contributed by atoms with E-state index in [0.717, 1.165) is 30.4 Å². The van der Waals surface area contributed by atoms with Gasteiger partial charge in [-0.25, -0.2) is 0 Å². The third kappa shape index (κ3) is 2.94. The number of thiophene rings is 2. The van der Waals surface area contributed by atoms with Crippen LogP contribution in [0, 0.1) is 0 Å². The maximum absolute atomic E-state index is 12.5. The van der Waals surface area contributed by atoms with Gasteiger partial charge in [-0.1, -0.05) is 12.1 Å². The summed E-state index contributed by atoms with van der Waals surface area (Å²) in [5, 5.41) is 4.09. The summed E-state index contributed by atoms with van der Waals surface area (Å²) in [6.07, 6.45) is 6.97. The predicted molar refractivity (Wildman–Crippen MR) is 83.5 cm³/mol. The zero-order valence-electron chi connectivity index (χ0n) is 10.5. The van der Waals surface area contributed by atoms with Gasteiger partial charge in [0.15, 0.2) is 5.78 Å². The molecule has 0 amide bonds. The molecule has 2 aromatic heterocycles. The Balaban J connectivity index is 1.87. The van der Waals surface area contributed by atoms with Crippen LogP contribution in [0.4, 0.5) is 0 Å². The molecule has 96 valence electrons. The molecule has 19 heavy (non-hydrogen) atoms. The Morgan fingerprint density at radius 2 is 1.42 bits per heavy atom. The van der Waals surface area contributed by atoms with Gasteiger partial charge in [-0.15, -0.1) is 22.7 Å². The maximum atomic E-state index is 12.5. The molecule has 1 nitrogen and oxygen atoms in total. The molecule has 2 heterocycles. The van der Waals surface area contributed by atoms with Crippen molar-refractivity contribution in [1.82, 2.24) is 0 Å². The third-order valence-corrected chi connectivity index (χ3v) is 4.83. The fourth-order valence-electron chi connectivity index (χ4n) is 2.27. The van der Waals surface area contributed by atoms with Crippen molar-refractivity contribution in [3.8, 4) is 0 Å². The molecule has 0 saturated heterocycles. The number of hydrogen-bond donors (Lipinski definition) is 0. The highest BCUT2D eigenvalue weighted by Crippen LogP contribution is 2.29. The first-order valence-corrected chi connectivity index (χ1v) is 8.12. The summed E-state index contributed by atoms with van der Waals surface area (Å²) in [6, 6.07) is 8.16. The van der Waals surface area contributed by atoms with Crippen molar-refractivity contribution in [3.05, 3.63) is 55.9 Å². The summed E-state index contributed by atoms with van der Waals surface area (Å²) in [7, 11) is 0. The Bertz CT molecular complexity index is 562. The molecule has 2 aromatic rings. The Kier molecular flexibility index (Phi) is 3.76.